The molecule has 2 amide bonds. The minimum atomic E-state index is -0.426. The fourth-order valence-corrected chi connectivity index (χ4v) is 2.55. The molecule has 3 N–H and O–H groups in total. The highest BCUT2D eigenvalue weighted by Gasteiger charge is 2.17. The molecule has 0 bridgehead atoms. The lowest BCUT2D eigenvalue weighted by atomic mass is 10.1. The zero-order valence-corrected chi connectivity index (χ0v) is 13.1. The molecule has 24 heavy (non-hydrogen) atoms. The van der Waals surface area contributed by atoms with Crippen molar-refractivity contribution in [2.45, 2.75) is 13.0 Å². The molecule has 6 heteroatoms. The Morgan fingerprint density at radius 1 is 1.12 bits per heavy atom. The van der Waals surface area contributed by atoms with Crippen molar-refractivity contribution in [2.24, 2.45) is 5.73 Å². The van der Waals surface area contributed by atoms with E-state index in [9.17, 15) is 9.59 Å². The Morgan fingerprint density at radius 2 is 1.92 bits per heavy atom. The molecule has 0 spiro atoms. The van der Waals surface area contributed by atoms with Gasteiger partial charge in [0.1, 0.15) is 0 Å². The van der Waals surface area contributed by atoms with Gasteiger partial charge in [-0.05, 0) is 17.7 Å². The first kappa shape index (κ1) is 15.7. The summed E-state index contributed by atoms with van der Waals surface area (Å²) < 4.78 is 0. The van der Waals surface area contributed by atoms with Crippen LogP contribution >= 0.6 is 0 Å². The summed E-state index contributed by atoms with van der Waals surface area (Å²) in [6, 6.07) is 15.0. The van der Waals surface area contributed by atoms with Crippen LogP contribution in [-0.4, -0.2) is 33.5 Å². The number of carbonyl (C=O) groups excluding carboxylic acids is 2. The Kier molecular flexibility index (Phi) is 4.56. The van der Waals surface area contributed by atoms with E-state index in [1.807, 2.05) is 36.4 Å². The zero-order chi connectivity index (χ0) is 16.9. The summed E-state index contributed by atoms with van der Waals surface area (Å²) in [5, 5.41) is 7.76. The predicted molar refractivity (Wildman–Crippen MR) is 91.1 cm³/mol. The number of aromatic nitrogens is 2. The molecule has 0 fully saturated rings. The number of nitrogens with two attached hydrogens (primary N) is 1. The van der Waals surface area contributed by atoms with Gasteiger partial charge in [-0.1, -0.05) is 36.4 Å². The molecule has 0 aliphatic carbocycles. The number of H-pyrrole nitrogens is 1. The Bertz CT molecular complexity index is 858. The molecular weight excluding hydrogens is 304 g/mol. The summed E-state index contributed by atoms with van der Waals surface area (Å²) in [5.74, 6) is -0.568. The Labute approximate surface area is 139 Å². The molecule has 1 heterocycles. The van der Waals surface area contributed by atoms with Gasteiger partial charge in [-0.25, -0.2) is 0 Å². The molecule has 0 unspecified atom stereocenters. The highest BCUT2D eigenvalue weighted by Crippen LogP contribution is 2.16. The van der Waals surface area contributed by atoms with Gasteiger partial charge in [-0.2, -0.15) is 5.10 Å². The van der Waals surface area contributed by atoms with Crippen molar-refractivity contribution in [3.05, 3.63) is 65.9 Å². The fraction of sp³-hybridized carbons (Fsp3) is 0.167. The van der Waals surface area contributed by atoms with E-state index < -0.39 is 5.91 Å². The third kappa shape index (κ3) is 3.60. The van der Waals surface area contributed by atoms with Gasteiger partial charge in [-0.15, -0.1) is 0 Å². The van der Waals surface area contributed by atoms with Gasteiger partial charge in [0, 0.05) is 30.5 Å². The smallest absolute Gasteiger partial charge is 0.254 e. The van der Waals surface area contributed by atoms with E-state index in [1.165, 1.54) is 0 Å². The highest BCUT2D eigenvalue weighted by atomic mass is 16.2. The number of primary amides is 1. The van der Waals surface area contributed by atoms with E-state index in [2.05, 4.69) is 10.2 Å². The number of nitrogens with zero attached hydrogens (tertiary/aromatic N) is 2. The van der Waals surface area contributed by atoms with Crippen LogP contribution < -0.4 is 5.73 Å². The monoisotopic (exact) mass is 322 g/mol. The summed E-state index contributed by atoms with van der Waals surface area (Å²) in [6.07, 6.45) is 1.84. The maximum atomic E-state index is 12.9. The first-order valence-electron chi connectivity index (χ1n) is 7.68. The van der Waals surface area contributed by atoms with E-state index >= 15 is 0 Å². The van der Waals surface area contributed by atoms with Crippen LogP contribution in [-0.2, 0) is 11.3 Å². The second kappa shape index (κ2) is 6.95. The molecule has 3 aromatic rings. The minimum absolute atomic E-state index is 0.130. The standard InChI is InChI=1S/C18H18N4O2/c19-17(23)8-9-22(12-13-4-2-1-3-5-13)18(24)14-6-7-15-11-20-21-16(15)10-14/h1-7,10-11H,8-9,12H2,(H2,19,23)(H,20,21). The van der Waals surface area contributed by atoms with Crippen LogP contribution in [0.2, 0.25) is 0 Å². The van der Waals surface area contributed by atoms with E-state index in [4.69, 9.17) is 5.73 Å². The molecule has 0 aliphatic rings. The number of hydrogen-bond acceptors (Lipinski definition) is 3. The molecule has 2 aromatic carbocycles. The summed E-state index contributed by atoms with van der Waals surface area (Å²) >= 11 is 0. The number of hydrogen-bond donors (Lipinski definition) is 2. The molecule has 0 saturated carbocycles. The molecule has 0 atom stereocenters. The lowest BCUT2D eigenvalue weighted by Crippen LogP contribution is -2.33. The van der Waals surface area contributed by atoms with E-state index in [0.29, 0.717) is 12.1 Å². The zero-order valence-electron chi connectivity index (χ0n) is 13.1. The molecule has 0 aliphatic heterocycles. The quantitative estimate of drug-likeness (QED) is 0.728. The highest BCUT2D eigenvalue weighted by molar-refractivity contribution is 5.97. The molecule has 122 valence electrons. The average molecular weight is 322 g/mol. The molecule has 6 nitrogen and oxygen atoms in total. The van der Waals surface area contributed by atoms with Crippen LogP contribution in [0.25, 0.3) is 10.9 Å². The lowest BCUT2D eigenvalue weighted by Gasteiger charge is -2.22. The second-order valence-electron chi connectivity index (χ2n) is 5.60. The Morgan fingerprint density at radius 3 is 2.67 bits per heavy atom. The van der Waals surface area contributed by atoms with Crippen molar-refractivity contribution in [3.8, 4) is 0 Å². The summed E-state index contributed by atoms with van der Waals surface area (Å²) in [6.45, 7) is 0.706. The van der Waals surface area contributed by atoms with Crippen molar-refractivity contribution in [2.75, 3.05) is 6.54 Å². The predicted octanol–water partition coefficient (Wildman–Crippen LogP) is 2.08. The van der Waals surface area contributed by atoms with Crippen molar-refractivity contribution in [1.29, 1.82) is 0 Å². The SMILES string of the molecule is NC(=O)CCN(Cc1ccccc1)C(=O)c1ccc2cn[nH]c2c1. The van der Waals surface area contributed by atoms with Crippen LogP contribution in [0.1, 0.15) is 22.3 Å². The molecule has 0 saturated heterocycles. The molecular formula is C18H18N4O2. The van der Waals surface area contributed by atoms with Gasteiger partial charge in [0.25, 0.3) is 5.91 Å². The Hall–Kier alpha value is -3.15. The Balaban J connectivity index is 1.84. The lowest BCUT2D eigenvalue weighted by molar-refractivity contribution is -0.118. The van der Waals surface area contributed by atoms with Gasteiger partial charge in [0.05, 0.1) is 11.7 Å². The van der Waals surface area contributed by atoms with Gasteiger partial charge >= 0.3 is 0 Å². The molecule has 1 aromatic heterocycles. The largest absolute Gasteiger partial charge is 0.370 e. The van der Waals surface area contributed by atoms with Crippen molar-refractivity contribution in [3.63, 3.8) is 0 Å². The van der Waals surface area contributed by atoms with Crippen LogP contribution in [0.15, 0.2) is 54.7 Å². The normalized spacial score (nSPS) is 10.7. The molecule has 0 radical (unpaired) electrons. The summed E-state index contributed by atoms with van der Waals surface area (Å²) in [5.41, 5.74) is 7.59. The van der Waals surface area contributed by atoms with Crippen molar-refractivity contribution in [1.82, 2.24) is 15.1 Å². The molecule has 3 rings (SSSR count). The number of amides is 2. The number of carbonyl (C=O) groups is 2. The van der Waals surface area contributed by atoms with E-state index in [-0.39, 0.29) is 18.9 Å². The number of fused-ring (bicyclic) bond motifs is 1. The average Bonchev–Trinajstić information content (AvgIpc) is 3.06. The summed E-state index contributed by atoms with van der Waals surface area (Å²) in [4.78, 5) is 25.6. The first-order chi connectivity index (χ1) is 11.6. The van der Waals surface area contributed by atoms with Crippen molar-refractivity contribution < 1.29 is 9.59 Å². The second-order valence-corrected chi connectivity index (χ2v) is 5.60. The van der Waals surface area contributed by atoms with Crippen LogP contribution in [0.5, 0.6) is 0 Å². The fourth-order valence-electron chi connectivity index (χ4n) is 2.55. The van der Waals surface area contributed by atoms with Gasteiger partial charge in [0.15, 0.2) is 0 Å². The maximum Gasteiger partial charge on any atom is 0.254 e. The van der Waals surface area contributed by atoms with Crippen LogP contribution in [0, 0.1) is 0 Å². The van der Waals surface area contributed by atoms with E-state index in [0.717, 1.165) is 16.5 Å². The van der Waals surface area contributed by atoms with E-state index in [1.54, 1.807) is 23.2 Å². The first-order valence-corrected chi connectivity index (χ1v) is 7.68. The number of nitrogens with one attached hydrogen (secondary N) is 1. The minimum Gasteiger partial charge on any atom is -0.370 e. The van der Waals surface area contributed by atoms with Gasteiger partial charge in [-0.3, -0.25) is 14.7 Å². The van der Waals surface area contributed by atoms with Crippen LogP contribution in [0.4, 0.5) is 0 Å². The third-order valence-electron chi connectivity index (χ3n) is 3.82. The van der Waals surface area contributed by atoms with Crippen molar-refractivity contribution >= 4 is 22.7 Å². The number of rotatable bonds is 6. The number of aromatic amines is 1. The summed E-state index contributed by atoms with van der Waals surface area (Å²) in [7, 11) is 0. The topological polar surface area (TPSA) is 92.1 Å². The van der Waals surface area contributed by atoms with Gasteiger partial charge in [0.2, 0.25) is 5.91 Å². The number of benzene rings is 2. The van der Waals surface area contributed by atoms with Crippen LogP contribution in [0.3, 0.4) is 0 Å². The third-order valence-corrected chi connectivity index (χ3v) is 3.82. The van der Waals surface area contributed by atoms with Gasteiger partial charge < -0.3 is 10.6 Å². The maximum absolute atomic E-state index is 12.9.